The number of hydrogen-bond acceptors (Lipinski definition) is 6. The van der Waals surface area contributed by atoms with Crippen molar-refractivity contribution in [3.05, 3.63) is 47.7 Å². The standard InChI is InChI=1S/C24H29NO6/c1-4-11-30-18-8-6-15(13-19(18)29-3)21-20-22(27)16-12-14(2)5-7-17(16)31-23(20)24(28)25(21)9-10-26/h4,6,8,13-14,16-17,21,26H,1,5,7,9-12H2,2-3H3. The molecule has 31 heavy (non-hydrogen) atoms. The first-order valence-corrected chi connectivity index (χ1v) is 10.8. The molecule has 7 heteroatoms. The van der Waals surface area contributed by atoms with Gasteiger partial charge in [0.15, 0.2) is 23.0 Å². The van der Waals surface area contributed by atoms with Crippen molar-refractivity contribution < 1.29 is 28.9 Å². The minimum atomic E-state index is -0.623. The van der Waals surface area contributed by atoms with Crippen LogP contribution in [-0.2, 0) is 14.3 Å². The maximum Gasteiger partial charge on any atom is 0.290 e. The van der Waals surface area contributed by atoms with Crippen LogP contribution in [0.25, 0.3) is 0 Å². The molecule has 0 saturated heterocycles. The Morgan fingerprint density at radius 2 is 2.10 bits per heavy atom. The minimum Gasteiger partial charge on any atom is -0.493 e. The first kappa shape index (κ1) is 21.4. The molecule has 2 heterocycles. The molecule has 1 amide bonds. The van der Waals surface area contributed by atoms with Crippen molar-refractivity contribution in [3.63, 3.8) is 0 Å². The second-order valence-corrected chi connectivity index (χ2v) is 8.42. The molecular weight excluding hydrogens is 398 g/mol. The average Bonchev–Trinajstić information content (AvgIpc) is 3.05. The molecule has 7 nitrogen and oxygen atoms in total. The predicted octanol–water partition coefficient (Wildman–Crippen LogP) is 2.79. The van der Waals surface area contributed by atoms with Crippen molar-refractivity contribution in [2.75, 3.05) is 26.9 Å². The number of ketones is 1. The minimum absolute atomic E-state index is 0.0115. The van der Waals surface area contributed by atoms with Crippen molar-refractivity contribution in [1.29, 1.82) is 0 Å². The van der Waals surface area contributed by atoms with E-state index in [0.29, 0.717) is 35.2 Å². The number of carbonyl (C=O) groups is 2. The van der Waals surface area contributed by atoms with E-state index in [4.69, 9.17) is 14.2 Å². The largest absolute Gasteiger partial charge is 0.493 e. The molecule has 4 rings (SSSR count). The number of carbonyl (C=O) groups excluding carboxylic acids is 2. The summed E-state index contributed by atoms with van der Waals surface area (Å²) in [4.78, 5) is 28.3. The lowest BCUT2D eigenvalue weighted by atomic mass is 9.74. The number of amides is 1. The van der Waals surface area contributed by atoms with E-state index in [1.807, 2.05) is 6.07 Å². The van der Waals surface area contributed by atoms with E-state index in [0.717, 1.165) is 19.3 Å². The van der Waals surface area contributed by atoms with E-state index in [2.05, 4.69) is 13.5 Å². The zero-order valence-electron chi connectivity index (χ0n) is 18.0. The summed E-state index contributed by atoms with van der Waals surface area (Å²) >= 11 is 0. The lowest BCUT2D eigenvalue weighted by Gasteiger charge is -2.37. The van der Waals surface area contributed by atoms with Crippen LogP contribution in [0.4, 0.5) is 0 Å². The molecule has 1 fully saturated rings. The number of Topliss-reactive ketones (excluding diaryl/α,β-unsaturated/α-hetero) is 1. The zero-order chi connectivity index (χ0) is 22.1. The Hall–Kier alpha value is -2.80. The molecular formula is C24H29NO6. The number of hydrogen-bond donors (Lipinski definition) is 1. The number of ether oxygens (including phenoxy) is 3. The van der Waals surface area contributed by atoms with Crippen LogP contribution in [0.2, 0.25) is 0 Å². The summed E-state index contributed by atoms with van der Waals surface area (Å²) in [6, 6.07) is 4.74. The molecule has 1 aromatic rings. The van der Waals surface area contributed by atoms with Crippen LogP contribution in [-0.4, -0.2) is 54.7 Å². The Bertz CT molecular complexity index is 923. The van der Waals surface area contributed by atoms with Gasteiger partial charge in [-0.25, -0.2) is 0 Å². The third-order valence-electron chi connectivity index (χ3n) is 6.41. The number of fused-ring (bicyclic) bond motifs is 1. The molecule has 1 aromatic carbocycles. The maximum atomic E-state index is 13.6. The van der Waals surface area contributed by atoms with Gasteiger partial charge < -0.3 is 24.2 Å². The molecule has 1 aliphatic carbocycles. The SMILES string of the molecule is C=CCOc1ccc(C2C3=C(OC4CCC(C)CC4C3=O)C(=O)N2CCO)cc1OC. The predicted molar refractivity (Wildman–Crippen MR) is 114 cm³/mol. The van der Waals surface area contributed by atoms with Crippen molar-refractivity contribution >= 4 is 11.7 Å². The van der Waals surface area contributed by atoms with Gasteiger partial charge in [-0.2, -0.15) is 0 Å². The van der Waals surface area contributed by atoms with E-state index >= 15 is 0 Å². The lowest BCUT2D eigenvalue weighted by molar-refractivity contribution is -0.136. The van der Waals surface area contributed by atoms with Crippen LogP contribution < -0.4 is 9.47 Å². The Morgan fingerprint density at radius 3 is 2.81 bits per heavy atom. The number of rotatable bonds is 7. The van der Waals surface area contributed by atoms with E-state index in [9.17, 15) is 14.7 Å². The van der Waals surface area contributed by atoms with Gasteiger partial charge in [0, 0.05) is 6.54 Å². The van der Waals surface area contributed by atoms with Gasteiger partial charge >= 0.3 is 0 Å². The molecule has 0 spiro atoms. The average molecular weight is 427 g/mol. The monoisotopic (exact) mass is 427 g/mol. The molecule has 0 radical (unpaired) electrons. The molecule has 166 valence electrons. The summed E-state index contributed by atoms with van der Waals surface area (Å²) in [6.07, 6.45) is 3.92. The van der Waals surface area contributed by atoms with Gasteiger partial charge in [0.25, 0.3) is 5.91 Å². The smallest absolute Gasteiger partial charge is 0.290 e. The molecule has 4 atom stereocenters. The number of aliphatic hydroxyl groups is 1. The molecule has 0 aromatic heterocycles. The third-order valence-corrected chi connectivity index (χ3v) is 6.41. The van der Waals surface area contributed by atoms with Gasteiger partial charge in [0.05, 0.1) is 31.2 Å². The van der Waals surface area contributed by atoms with Gasteiger partial charge in [-0.3, -0.25) is 9.59 Å². The van der Waals surface area contributed by atoms with Crippen molar-refractivity contribution in [2.45, 2.75) is 38.3 Å². The molecule has 1 N–H and O–H groups in total. The molecule has 0 bridgehead atoms. The fraction of sp³-hybridized carbons (Fsp3) is 0.500. The van der Waals surface area contributed by atoms with E-state index in [1.54, 1.807) is 25.3 Å². The van der Waals surface area contributed by atoms with Gasteiger partial charge in [0.1, 0.15) is 12.7 Å². The second kappa shape index (κ2) is 8.75. The van der Waals surface area contributed by atoms with E-state index in [-0.39, 0.29) is 42.6 Å². The van der Waals surface area contributed by atoms with Gasteiger partial charge in [-0.05, 0) is 42.9 Å². The third kappa shape index (κ3) is 3.71. The highest BCUT2D eigenvalue weighted by atomic mass is 16.5. The summed E-state index contributed by atoms with van der Waals surface area (Å²) in [6.45, 7) is 6.03. The summed E-state index contributed by atoms with van der Waals surface area (Å²) in [5.74, 6) is 1.05. The van der Waals surface area contributed by atoms with Crippen LogP contribution in [0.1, 0.15) is 37.8 Å². The highest BCUT2D eigenvalue weighted by Crippen LogP contribution is 2.48. The van der Waals surface area contributed by atoms with Gasteiger partial charge in [0.2, 0.25) is 0 Å². The quantitative estimate of drug-likeness (QED) is 0.674. The summed E-state index contributed by atoms with van der Waals surface area (Å²) in [5.41, 5.74) is 1.12. The van der Waals surface area contributed by atoms with Crippen molar-refractivity contribution in [3.8, 4) is 11.5 Å². The fourth-order valence-electron chi connectivity index (χ4n) is 4.93. The molecule has 4 unspecified atom stereocenters. The van der Waals surface area contributed by atoms with Crippen LogP contribution in [0.3, 0.4) is 0 Å². The van der Waals surface area contributed by atoms with Crippen LogP contribution in [0.15, 0.2) is 42.2 Å². The van der Waals surface area contributed by atoms with Crippen LogP contribution in [0.5, 0.6) is 11.5 Å². The van der Waals surface area contributed by atoms with E-state index < -0.39 is 6.04 Å². The summed E-state index contributed by atoms with van der Waals surface area (Å²) < 4.78 is 17.2. The van der Waals surface area contributed by atoms with Gasteiger partial charge in [-0.1, -0.05) is 25.6 Å². The summed E-state index contributed by atoms with van der Waals surface area (Å²) in [5, 5.41) is 9.60. The Morgan fingerprint density at radius 1 is 1.29 bits per heavy atom. The number of benzene rings is 1. The highest BCUT2D eigenvalue weighted by molar-refractivity contribution is 6.11. The summed E-state index contributed by atoms with van der Waals surface area (Å²) in [7, 11) is 1.54. The first-order valence-electron chi connectivity index (χ1n) is 10.8. The van der Waals surface area contributed by atoms with Crippen molar-refractivity contribution in [1.82, 2.24) is 4.90 Å². The Kier molecular flexibility index (Phi) is 6.05. The Labute approximate surface area is 182 Å². The molecule has 3 aliphatic rings. The van der Waals surface area contributed by atoms with Crippen LogP contribution in [0, 0.1) is 11.8 Å². The van der Waals surface area contributed by atoms with Crippen LogP contribution >= 0.6 is 0 Å². The number of methoxy groups -OCH3 is 1. The van der Waals surface area contributed by atoms with Crippen molar-refractivity contribution in [2.24, 2.45) is 11.8 Å². The lowest BCUT2D eigenvalue weighted by Crippen LogP contribution is -2.41. The maximum absolute atomic E-state index is 13.6. The zero-order valence-corrected chi connectivity index (χ0v) is 18.0. The van der Waals surface area contributed by atoms with E-state index in [1.165, 1.54) is 4.90 Å². The van der Waals surface area contributed by atoms with Gasteiger partial charge in [-0.15, -0.1) is 0 Å². The topological polar surface area (TPSA) is 85.3 Å². The normalized spacial score (nSPS) is 27.5. The first-order chi connectivity index (χ1) is 15.0. The highest BCUT2D eigenvalue weighted by Gasteiger charge is 2.52. The molecule has 2 aliphatic heterocycles. The second-order valence-electron chi connectivity index (χ2n) is 8.42. The fourth-order valence-corrected chi connectivity index (χ4v) is 4.93. The number of aliphatic hydroxyl groups excluding tert-OH is 1. The molecule has 1 saturated carbocycles. The number of β-amino-alcohol motifs (C(OH)–C–C–N with tert-alkyl or cyclic N) is 1. The number of nitrogens with zero attached hydrogens (tertiary/aromatic N) is 1. The Balaban J connectivity index is 1.76.